The lowest BCUT2D eigenvalue weighted by atomic mass is 10.4. The lowest BCUT2D eigenvalue weighted by Crippen LogP contribution is -2.27. The van der Waals surface area contributed by atoms with Crippen LogP contribution in [0.15, 0.2) is 14.7 Å². The van der Waals surface area contributed by atoms with Crippen LogP contribution in [0.4, 0.5) is 0 Å². The Morgan fingerprint density at radius 2 is 2.12 bits per heavy atom. The third kappa shape index (κ3) is 4.67. The predicted molar refractivity (Wildman–Crippen MR) is 75.1 cm³/mol. The Kier molecular flexibility index (Phi) is 6.08. The maximum absolute atomic E-state index is 12.0. The monoisotopic (exact) mass is 340 g/mol. The molecule has 4 nitrogen and oxygen atoms in total. The Morgan fingerprint density at radius 3 is 2.65 bits per heavy atom. The van der Waals surface area contributed by atoms with Gasteiger partial charge in [-0.3, -0.25) is 0 Å². The Morgan fingerprint density at radius 1 is 1.41 bits per heavy atom. The van der Waals surface area contributed by atoms with Gasteiger partial charge in [0.2, 0.25) is 10.0 Å². The second-order valence-electron chi connectivity index (χ2n) is 3.58. The summed E-state index contributed by atoms with van der Waals surface area (Å²) in [5.74, 6) is 0. The quantitative estimate of drug-likeness (QED) is 0.747. The van der Waals surface area contributed by atoms with Crippen LogP contribution in [0.25, 0.3) is 0 Å². The molecule has 1 aromatic rings. The van der Waals surface area contributed by atoms with Gasteiger partial charge in [-0.15, -0.1) is 11.3 Å². The van der Waals surface area contributed by atoms with E-state index in [4.69, 9.17) is 0 Å². The topological polar surface area (TPSA) is 58.2 Å². The zero-order valence-corrected chi connectivity index (χ0v) is 13.1. The van der Waals surface area contributed by atoms with Crippen LogP contribution < -0.4 is 10.0 Å². The Balaban J connectivity index is 2.54. The van der Waals surface area contributed by atoms with Crippen molar-refractivity contribution in [1.29, 1.82) is 0 Å². The summed E-state index contributed by atoms with van der Waals surface area (Å²) in [4.78, 5) is 1.17. The lowest BCUT2D eigenvalue weighted by molar-refractivity contribution is 0.575. The molecule has 7 heteroatoms. The highest BCUT2D eigenvalue weighted by atomic mass is 79.9. The predicted octanol–water partition coefficient (Wildman–Crippen LogP) is 2.10. The number of halogens is 1. The van der Waals surface area contributed by atoms with Crippen LogP contribution in [-0.4, -0.2) is 28.1 Å². The van der Waals surface area contributed by atoms with Crippen LogP contribution in [0.3, 0.4) is 0 Å². The molecule has 0 atom stereocenters. The summed E-state index contributed by atoms with van der Waals surface area (Å²) in [7, 11) is -3.35. The van der Waals surface area contributed by atoms with Crippen LogP contribution in [0.5, 0.6) is 0 Å². The van der Waals surface area contributed by atoms with Gasteiger partial charge in [0.05, 0.1) is 8.68 Å². The molecule has 0 saturated carbocycles. The van der Waals surface area contributed by atoms with Crippen molar-refractivity contribution in [2.45, 2.75) is 25.2 Å². The number of sulfonamides is 1. The second-order valence-corrected chi connectivity index (χ2v) is 7.95. The van der Waals surface area contributed by atoms with Gasteiger partial charge in [-0.1, -0.05) is 6.92 Å². The van der Waals surface area contributed by atoms with Crippen molar-refractivity contribution in [3.05, 3.63) is 14.7 Å². The normalized spacial score (nSPS) is 11.9. The maximum Gasteiger partial charge on any atom is 0.241 e. The summed E-state index contributed by atoms with van der Waals surface area (Å²) in [6, 6.07) is 1.65. The van der Waals surface area contributed by atoms with E-state index in [0.29, 0.717) is 11.4 Å². The van der Waals surface area contributed by atoms with Crippen molar-refractivity contribution in [2.75, 3.05) is 19.6 Å². The van der Waals surface area contributed by atoms with E-state index in [-0.39, 0.29) is 0 Å². The number of hydrogen-bond acceptors (Lipinski definition) is 4. The minimum Gasteiger partial charge on any atom is -0.317 e. The highest BCUT2D eigenvalue weighted by molar-refractivity contribution is 9.11. The fourth-order valence-electron chi connectivity index (χ4n) is 1.37. The molecular formula is C10H17BrN2O2S2. The van der Waals surface area contributed by atoms with E-state index < -0.39 is 10.0 Å². The summed E-state index contributed by atoms with van der Waals surface area (Å²) in [6.45, 7) is 6.02. The van der Waals surface area contributed by atoms with Crippen LogP contribution >= 0.6 is 27.3 Å². The van der Waals surface area contributed by atoms with Crippen molar-refractivity contribution < 1.29 is 8.42 Å². The number of nitrogens with one attached hydrogen (secondary N) is 2. The fourth-order valence-corrected chi connectivity index (χ4v) is 4.86. The Hall–Kier alpha value is 0.0500. The van der Waals surface area contributed by atoms with E-state index in [1.165, 1.54) is 11.3 Å². The zero-order chi connectivity index (χ0) is 12.9. The van der Waals surface area contributed by atoms with Gasteiger partial charge in [0.1, 0.15) is 0 Å². The summed E-state index contributed by atoms with van der Waals surface area (Å²) >= 11 is 4.72. The highest BCUT2D eigenvalue weighted by Crippen LogP contribution is 2.29. The molecule has 2 N–H and O–H groups in total. The van der Waals surface area contributed by atoms with Crippen LogP contribution in [0.2, 0.25) is 0 Å². The van der Waals surface area contributed by atoms with E-state index in [1.54, 1.807) is 6.07 Å². The number of aryl methyl sites for hydroxylation is 1. The Labute approximate surface area is 115 Å². The molecule has 1 heterocycles. The smallest absolute Gasteiger partial charge is 0.241 e. The van der Waals surface area contributed by atoms with Gasteiger partial charge in [0.25, 0.3) is 0 Å². The van der Waals surface area contributed by atoms with E-state index in [2.05, 4.69) is 26.0 Å². The molecule has 0 fully saturated rings. The van der Waals surface area contributed by atoms with Crippen molar-refractivity contribution >= 4 is 37.3 Å². The number of rotatable bonds is 7. The Bertz CT molecular complexity index is 457. The molecule has 0 aromatic carbocycles. The number of hydrogen-bond donors (Lipinski definition) is 2. The van der Waals surface area contributed by atoms with Gasteiger partial charge in [0.15, 0.2) is 0 Å². The van der Waals surface area contributed by atoms with Gasteiger partial charge in [-0.2, -0.15) is 0 Å². The molecule has 98 valence electrons. The van der Waals surface area contributed by atoms with Gasteiger partial charge in [-0.05, 0) is 48.4 Å². The first-order chi connectivity index (χ1) is 7.97. The first kappa shape index (κ1) is 15.1. The standard InChI is InChI=1S/C10H17BrN2O2S2/c1-3-12-5-4-6-13-17(14,15)9-7-10(11)16-8(9)2/h7,12-13H,3-6H2,1-2H3. The largest absolute Gasteiger partial charge is 0.317 e. The minimum absolute atomic E-state index is 0.373. The molecule has 0 spiro atoms. The van der Waals surface area contributed by atoms with Crippen molar-refractivity contribution in [2.24, 2.45) is 0 Å². The van der Waals surface area contributed by atoms with E-state index in [9.17, 15) is 8.42 Å². The van der Waals surface area contributed by atoms with Crippen LogP contribution in [-0.2, 0) is 10.0 Å². The van der Waals surface area contributed by atoms with E-state index in [1.807, 2.05) is 13.8 Å². The lowest BCUT2D eigenvalue weighted by Gasteiger charge is -2.06. The zero-order valence-electron chi connectivity index (χ0n) is 9.92. The summed E-state index contributed by atoms with van der Waals surface area (Å²) < 4.78 is 27.3. The molecule has 0 radical (unpaired) electrons. The van der Waals surface area contributed by atoms with Gasteiger partial charge >= 0.3 is 0 Å². The average Bonchev–Trinajstić information content (AvgIpc) is 2.58. The molecule has 1 rings (SSSR count). The maximum atomic E-state index is 12.0. The van der Waals surface area contributed by atoms with E-state index in [0.717, 1.165) is 28.2 Å². The summed E-state index contributed by atoms with van der Waals surface area (Å²) in [5.41, 5.74) is 0. The highest BCUT2D eigenvalue weighted by Gasteiger charge is 2.18. The molecule has 17 heavy (non-hydrogen) atoms. The SMILES string of the molecule is CCNCCCNS(=O)(=O)c1cc(Br)sc1C. The summed E-state index contributed by atoms with van der Waals surface area (Å²) in [6.07, 6.45) is 0.789. The first-order valence-corrected chi connectivity index (χ1v) is 8.53. The molecule has 1 aromatic heterocycles. The number of thiophene rings is 1. The molecule has 0 aliphatic heterocycles. The molecule has 0 amide bonds. The van der Waals surface area contributed by atoms with Gasteiger partial charge in [0, 0.05) is 11.4 Å². The molecule has 0 aliphatic rings. The fraction of sp³-hybridized carbons (Fsp3) is 0.600. The third-order valence-electron chi connectivity index (χ3n) is 2.20. The third-order valence-corrected chi connectivity index (χ3v) is 5.47. The van der Waals surface area contributed by atoms with Crippen molar-refractivity contribution in [1.82, 2.24) is 10.0 Å². The molecule has 0 aliphatic carbocycles. The van der Waals surface area contributed by atoms with E-state index >= 15 is 0 Å². The summed E-state index contributed by atoms with van der Waals surface area (Å²) in [5, 5.41) is 3.15. The van der Waals surface area contributed by atoms with Gasteiger partial charge in [-0.25, -0.2) is 13.1 Å². The molecule has 0 saturated heterocycles. The minimum atomic E-state index is -3.35. The second kappa shape index (κ2) is 6.84. The molecule has 0 unspecified atom stereocenters. The van der Waals surface area contributed by atoms with Gasteiger partial charge < -0.3 is 5.32 Å². The van der Waals surface area contributed by atoms with Crippen LogP contribution in [0.1, 0.15) is 18.2 Å². The first-order valence-electron chi connectivity index (χ1n) is 5.43. The van der Waals surface area contributed by atoms with Crippen molar-refractivity contribution in [3.8, 4) is 0 Å². The van der Waals surface area contributed by atoms with Crippen molar-refractivity contribution in [3.63, 3.8) is 0 Å². The molecule has 0 bridgehead atoms. The average molecular weight is 341 g/mol. The van der Waals surface area contributed by atoms with Crippen LogP contribution in [0, 0.1) is 6.92 Å². The molecular weight excluding hydrogens is 324 g/mol.